The number of hydrogen-bond donors (Lipinski definition) is 3. The van der Waals surface area contributed by atoms with Gasteiger partial charge in [-0.25, -0.2) is 13.1 Å². The van der Waals surface area contributed by atoms with Gasteiger partial charge in [-0.05, 0) is 37.5 Å². The van der Waals surface area contributed by atoms with Crippen molar-refractivity contribution < 1.29 is 22.8 Å². The van der Waals surface area contributed by atoms with Gasteiger partial charge in [0.1, 0.15) is 6.04 Å². The number of sulfonamides is 1. The van der Waals surface area contributed by atoms with Crippen LogP contribution in [0.4, 0.5) is 5.69 Å². The van der Waals surface area contributed by atoms with Crippen molar-refractivity contribution in [3.8, 4) is 0 Å². The summed E-state index contributed by atoms with van der Waals surface area (Å²) in [7, 11) is -3.74. The first-order valence-electron chi connectivity index (χ1n) is 11.4. The molecule has 0 radical (unpaired) electrons. The van der Waals surface area contributed by atoms with E-state index in [0.717, 1.165) is 5.56 Å². The van der Waals surface area contributed by atoms with Crippen LogP contribution in [0.15, 0.2) is 71.6 Å². The standard InChI is InChI=1S/C26H31N3O5S/c1-17(2)25(28-34-24(30)16-19-10-6-5-7-11-19)26(31)27-22-14-8-13-21-20(22)12-9-15-23(21)35(32,33)29-18(3)4/h5-15,17-18,25,28-29H,16H2,1-4H3,(H,27,31)/t25-/m0/s1. The highest BCUT2D eigenvalue weighted by atomic mass is 32.2. The summed E-state index contributed by atoms with van der Waals surface area (Å²) in [5.74, 6) is -1.11. The van der Waals surface area contributed by atoms with Gasteiger partial charge in [-0.3, -0.25) is 9.59 Å². The number of carbonyl (C=O) groups is 2. The van der Waals surface area contributed by atoms with Crippen molar-refractivity contribution in [3.05, 3.63) is 72.3 Å². The monoisotopic (exact) mass is 497 g/mol. The molecule has 3 rings (SSSR count). The summed E-state index contributed by atoms with van der Waals surface area (Å²) in [5.41, 5.74) is 3.86. The Morgan fingerprint density at radius 1 is 0.857 bits per heavy atom. The number of fused-ring (bicyclic) bond motifs is 1. The van der Waals surface area contributed by atoms with Crippen LogP contribution in [-0.2, 0) is 30.9 Å². The van der Waals surface area contributed by atoms with E-state index in [9.17, 15) is 18.0 Å². The van der Waals surface area contributed by atoms with Gasteiger partial charge in [-0.2, -0.15) is 0 Å². The van der Waals surface area contributed by atoms with E-state index >= 15 is 0 Å². The van der Waals surface area contributed by atoms with E-state index in [4.69, 9.17) is 4.84 Å². The largest absolute Gasteiger partial charge is 0.370 e. The summed E-state index contributed by atoms with van der Waals surface area (Å²) in [5, 5.41) is 3.92. The van der Waals surface area contributed by atoms with E-state index in [1.807, 2.05) is 44.2 Å². The molecule has 3 N–H and O–H groups in total. The molecule has 3 aromatic carbocycles. The van der Waals surface area contributed by atoms with Crippen molar-refractivity contribution >= 4 is 38.4 Å². The topological polar surface area (TPSA) is 114 Å². The Bertz CT molecular complexity index is 1290. The van der Waals surface area contributed by atoms with Gasteiger partial charge >= 0.3 is 5.97 Å². The van der Waals surface area contributed by atoms with Crippen LogP contribution in [0.2, 0.25) is 0 Å². The van der Waals surface area contributed by atoms with Gasteiger partial charge in [0.05, 0.1) is 11.3 Å². The van der Waals surface area contributed by atoms with E-state index in [0.29, 0.717) is 16.5 Å². The molecule has 8 nitrogen and oxygen atoms in total. The average Bonchev–Trinajstić information content (AvgIpc) is 2.78. The fourth-order valence-electron chi connectivity index (χ4n) is 3.63. The molecule has 0 saturated heterocycles. The molecule has 3 aromatic rings. The van der Waals surface area contributed by atoms with Crippen LogP contribution in [0.5, 0.6) is 0 Å². The van der Waals surface area contributed by atoms with Gasteiger partial charge in [0.25, 0.3) is 0 Å². The lowest BCUT2D eigenvalue weighted by molar-refractivity contribution is -0.154. The van der Waals surface area contributed by atoms with Gasteiger partial charge in [0, 0.05) is 22.5 Å². The normalized spacial score (nSPS) is 12.6. The highest BCUT2D eigenvalue weighted by molar-refractivity contribution is 7.89. The smallest absolute Gasteiger partial charge is 0.329 e. The highest BCUT2D eigenvalue weighted by Crippen LogP contribution is 2.29. The lowest BCUT2D eigenvalue weighted by Gasteiger charge is -2.21. The van der Waals surface area contributed by atoms with Gasteiger partial charge in [-0.1, -0.05) is 68.4 Å². The van der Waals surface area contributed by atoms with Crippen molar-refractivity contribution in [2.75, 3.05) is 5.32 Å². The fraction of sp³-hybridized carbons (Fsp3) is 0.308. The molecule has 0 aliphatic rings. The molecule has 0 fully saturated rings. The lowest BCUT2D eigenvalue weighted by Crippen LogP contribution is -2.45. The van der Waals surface area contributed by atoms with Crippen molar-refractivity contribution in [1.82, 2.24) is 10.2 Å². The highest BCUT2D eigenvalue weighted by Gasteiger charge is 2.25. The van der Waals surface area contributed by atoms with Gasteiger partial charge in [0.2, 0.25) is 15.9 Å². The SMILES string of the molecule is CC(C)NS(=O)(=O)c1cccc2c(NC(=O)[C@@H](NOC(=O)Cc3ccccc3)C(C)C)cccc12. The molecule has 0 spiro atoms. The quantitative estimate of drug-likeness (QED) is 0.368. The number of amides is 1. The first-order valence-corrected chi connectivity index (χ1v) is 12.9. The molecule has 9 heteroatoms. The Morgan fingerprint density at radius 3 is 2.17 bits per heavy atom. The second-order valence-electron chi connectivity index (χ2n) is 8.90. The van der Waals surface area contributed by atoms with E-state index < -0.39 is 27.9 Å². The molecule has 35 heavy (non-hydrogen) atoms. The minimum atomic E-state index is -3.74. The molecule has 0 aliphatic heterocycles. The molecule has 1 amide bonds. The minimum absolute atomic E-state index is 0.0747. The number of nitrogens with one attached hydrogen (secondary N) is 3. The predicted molar refractivity (Wildman–Crippen MR) is 136 cm³/mol. The summed E-state index contributed by atoms with van der Waals surface area (Å²) < 4.78 is 28.2. The molecule has 1 atom stereocenters. The van der Waals surface area contributed by atoms with E-state index in [1.165, 1.54) is 6.07 Å². The number of hydrogen-bond acceptors (Lipinski definition) is 6. The fourth-order valence-corrected chi connectivity index (χ4v) is 5.10. The van der Waals surface area contributed by atoms with E-state index in [1.54, 1.807) is 44.2 Å². The molecule has 0 unspecified atom stereocenters. The van der Waals surface area contributed by atoms with E-state index in [2.05, 4.69) is 15.5 Å². The molecular formula is C26H31N3O5S. The number of anilines is 1. The third-order valence-corrected chi connectivity index (χ3v) is 6.98. The zero-order valence-electron chi connectivity index (χ0n) is 20.2. The van der Waals surface area contributed by atoms with Crippen LogP contribution >= 0.6 is 0 Å². The second kappa shape index (κ2) is 11.4. The number of hydroxylamine groups is 1. The zero-order chi connectivity index (χ0) is 25.6. The predicted octanol–water partition coefficient (Wildman–Crippen LogP) is 3.78. The molecule has 186 valence electrons. The van der Waals surface area contributed by atoms with Gasteiger partial charge < -0.3 is 10.2 Å². The summed E-state index contributed by atoms with van der Waals surface area (Å²) in [6.45, 7) is 7.15. The molecule has 0 heterocycles. The summed E-state index contributed by atoms with van der Waals surface area (Å²) in [6, 6.07) is 18.1. The Hall–Kier alpha value is -3.27. The average molecular weight is 498 g/mol. The first kappa shape index (κ1) is 26.3. The molecule has 0 aliphatic carbocycles. The van der Waals surface area contributed by atoms with Crippen LogP contribution in [0, 0.1) is 5.92 Å². The van der Waals surface area contributed by atoms with Gasteiger partial charge in [0.15, 0.2) is 0 Å². The van der Waals surface area contributed by atoms with E-state index in [-0.39, 0.29) is 23.3 Å². The summed E-state index contributed by atoms with van der Waals surface area (Å²) in [6.07, 6.45) is 0.0747. The van der Waals surface area contributed by atoms with Crippen LogP contribution in [0.3, 0.4) is 0 Å². The second-order valence-corrected chi connectivity index (χ2v) is 10.6. The van der Waals surface area contributed by atoms with Crippen molar-refractivity contribution in [2.24, 2.45) is 5.92 Å². The van der Waals surface area contributed by atoms with Crippen molar-refractivity contribution in [1.29, 1.82) is 0 Å². The van der Waals surface area contributed by atoms with Crippen LogP contribution in [0.25, 0.3) is 10.8 Å². The third-order valence-electron chi connectivity index (χ3n) is 5.26. The molecule has 0 bridgehead atoms. The molecule has 0 saturated carbocycles. The summed E-state index contributed by atoms with van der Waals surface area (Å²) in [4.78, 5) is 30.6. The van der Waals surface area contributed by atoms with Crippen LogP contribution < -0.4 is 15.5 Å². The Balaban J connectivity index is 1.78. The zero-order valence-corrected chi connectivity index (χ0v) is 21.1. The minimum Gasteiger partial charge on any atom is -0.370 e. The van der Waals surface area contributed by atoms with Crippen LogP contribution in [0.1, 0.15) is 33.3 Å². The Kier molecular flexibility index (Phi) is 8.61. The summed E-state index contributed by atoms with van der Waals surface area (Å²) >= 11 is 0. The maximum atomic E-state index is 13.1. The number of carbonyl (C=O) groups excluding carboxylic acids is 2. The maximum Gasteiger partial charge on any atom is 0.329 e. The first-order chi connectivity index (χ1) is 16.6. The van der Waals surface area contributed by atoms with Crippen molar-refractivity contribution in [2.45, 2.75) is 51.1 Å². The molecular weight excluding hydrogens is 466 g/mol. The molecule has 0 aromatic heterocycles. The Labute approximate surface area is 206 Å². The van der Waals surface area contributed by atoms with Crippen LogP contribution in [-0.4, -0.2) is 32.4 Å². The van der Waals surface area contributed by atoms with Gasteiger partial charge in [-0.15, -0.1) is 5.48 Å². The number of rotatable bonds is 10. The van der Waals surface area contributed by atoms with Crippen molar-refractivity contribution in [3.63, 3.8) is 0 Å². The lowest BCUT2D eigenvalue weighted by atomic mass is 10.0. The maximum absolute atomic E-state index is 13.1. The third kappa shape index (κ3) is 6.88. The Morgan fingerprint density at radius 2 is 1.51 bits per heavy atom. The number of benzene rings is 3.